The molecule has 1 N–H and O–H groups in total. The highest BCUT2D eigenvalue weighted by Crippen LogP contribution is 2.10. The van der Waals surface area contributed by atoms with Crippen molar-refractivity contribution in [3.05, 3.63) is 48.9 Å². The van der Waals surface area contributed by atoms with Crippen molar-refractivity contribution in [1.29, 1.82) is 0 Å². The largest absolute Gasteiger partial charge is 0.323 e. The van der Waals surface area contributed by atoms with E-state index in [0.29, 0.717) is 18.1 Å². The summed E-state index contributed by atoms with van der Waals surface area (Å²) in [5.74, 6) is 0.629. The van der Waals surface area contributed by atoms with Crippen molar-refractivity contribution in [2.45, 2.75) is 6.54 Å². The SMILES string of the molecule is CN(Cc1cnn(C)c1)C(=O)Nc1ccc(-n2cncn2)nc1. The van der Waals surface area contributed by atoms with Gasteiger partial charge in [-0.25, -0.2) is 19.4 Å². The highest BCUT2D eigenvalue weighted by Gasteiger charge is 2.10. The second-order valence-electron chi connectivity index (χ2n) is 5.05. The predicted octanol–water partition coefficient (Wildman–Crippen LogP) is 1.06. The Kier molecular flexibility index (Phi) is 4.00. The van der Waals surface area contributed by atoms with Gasteiger partial charge in [0.15, 0.2) is 5.82 Å². The van der Waals surface area contributed by atoms with Gasteiger partial charge < -0.3 is 10.2 Å². The molecule has 23 heavy (non-hydrogen) atoms. The van der Waals surface area contributed by atoms with Crippen LogP contribution in [-0.4, -0.2) is 47.5 Å². The third-order valence-corrected chi connectivity index (χ3v) is 3.18. The molecule has 9 heteroatoms. The number of anilines is 1. The number of aromatic nitrogens is 6. The monoisotopic (exact) mass is 312 g/mol. The molecule has 0 spiro atoms. The van der Waals surface area contributed by atoms with Crippen molar-refractivity contribution in [3.8, 4) is 5.82 Å². The number of nitrogens with one attached hydrogen (secondary N) is 1. The quantitative estimate of drug-likeness (QED) is 0.777. The van der Waals surface area contributed by atoms with Gasteiger partial charge in [0.2, 0.25) is 0 Å². The summed E-state index contributed by atoms with van der Waals surface area (Å²) in [6.07, 6.45) is 8.18. The third kappa shape index (κ3) is 3.51. The Morgan fingerprint density at radius 1 is 1.30 bits per heavy atom. The number of urea groups is 1. The summed E-state index contributed by atoms with van der Waals surface area (Å²) in [5.41, 5.74) is 1.57. The number of hydrogen-bond acceptors (Lipinski definition) is 5. The fourth-order valence-electron chi connectivity index (χ4n) is 2.04. The normalized spacial score (nSPS) is 10.5. The smallest absolute Gasteiger partial charge is 0.321 e. The first-order valence-electron chi connectivity index (χ1n) is 6.92. The summed E-state index contributed by atoms with van der Waals surface area (Å²) in [6.45, 7) is 0.476. The first kappa shape index (κ1) is 14.7. The summed E-state index contributed by atoms with van der Waals surface area (Å²) in [4.78, 5) is 21.8. The molecule has 0 saturated carbocycles. The number of hydrogen-bond donors (Lipinski definition) is 1. The van der Waals surface area contributed by atoms with E-state index in [2.05, 4.69) is 25.5 Å². The average Bonchev–Trinajstić information content (AvgIpc) is 3.20. The van der Waals surface area contributed by atoms with Crippen LogP contribution in [-0.2, 0) is 13.6 Å². The molecule has 2 amide bonds. The Hall–Kier alpha value is -3.23. The molecule has 0 aliphatic heterocycles. The zero-order valence-electron chi connectivity index (χ0n) is 12.8. The van der Waals surface area contributed by atoms with Gasteiger partial charge in [-0.3, -0.25) is 4.68 Å². The number of carbonyl (C=O) groups is 1. The summed E-state index contributed by atoms with van der Waals surface area (Å²) >= 11 is 0. The van der Waals surface area contributed by atoms with Crippen molar-refractivity contribution in [2.75, 3.05) is 12.4 Å². The first-order valence-corrected chi connectivity index (χ1v) is 6.92. The van der Waals surface area contributed by atoms with Gasteiger partial charge in [-0.15, -0.1) is 0 Å². The van der Waals surface area contributed by atoms with Crippen molar-refractivity contribution < 1.29 is 4.79 Å². The lowest BCUT2D eigenvalue weighted by atomic mass is 10.3. The van der Waals surface area contributed by atoms with Crippen molar-refractivity contribution in [2.24, 2.45) is 7.05 Å². The minimum atomic E-state index is -0.218. The highest BCUT2D eigenvalue weighted by molar-refractivity contribution is 5.88. The van der Waals surface area contributed by atoms with Crippen LogP contribution in [0.15, 0.2) is 43.4 Å². The fraction of sp³-hybridized carbons (Fsp3) is 0.214. The molecule has 3 heterocycles. The predicted molar refractivity (Wildman–Crippen MR) is 82.8 cm³/mol. The fourth-order valence-corrected chi connectivity index (χ4v) is 2.04. The molecule has 3 aromatic heterocycles. The highest BCUT2D eigenvalue weighted by atomic mass is 16.2. The lowest BCUT2D eigenvalue weighted by Gasteiger charge is -2.17. The first-order chi connectivity index (χ1) is 11.1. The van der Waals surface area contributed by atoms with Crippen LogP contribution in [0.5, 0.6) is 0 Å². The number of amides is 2. The molecule has 0 unspecified atom stereocenters. The number of aryl methyl sites for hydroxylation is 1. The molecule has 0 aliphatic carbocycles. The average molecular weight is 312 g/mol. The van der Waals surface area contributed by atoms with Gasteiger partial charge in [-0.05, 0) is 12.1 Å². The molecule has 0 bridgehead atoms. The molecule has 9 nitrogen and oxygen atoms in total. The van der Waals surface area contributed by atoms with Gasteiger partial charge >= 0.3 is 6.03 Å². The number of rotatable bonds is 4. The maximum atomic E-state index is 12.2. The Labute approximate surface area is 132 Å². The van der Waals surface area contributed by atoms with Crippen molar-refractivity contribution in [1.82, 2.24) is 34.4 Å². The second-order valence-corrected chi connectivity index (χ2v) is 5.05. The van der Waals surface area contributed by atoms with Gasteiger partial charge in [0, 0.05) is 25.9 Å². The zero-order chi connectivity index (χ0) is 16.2. The number of nitrogens with zero attached hydrogens (tertiary/aromatic N) is 7. The third-order valence-electron chi connectivity index (χ3n) is 3.18. The van der Waals surface area contributed by atoms with Crippen LogP contribution in [0.2, 0.25) is 0 Å². The van der Waals surface area contributed by atoms with Crippen molar-refractivity contribution >= 4 is 11.7 Å². The van der Waals surface area contributed by atoms with E-state index in [0.717, 1.165) is 5.56 Å². The Morgan fingerprint density at radius 2 is 2.17 bits per heavy atom. The zero-order valence-corrected chi connectivity index (χ0v) is 12.8. The molecule has 0 radical (unpaired) electrons. The van der Waals surface area contributed by atoms with E-state index < -0.39 is 0 Å². The molecule has 0 fully saturated rings. The van der Waals surface area contributed by atoms with Gasteiger partial charge in [0.1, 0.15) is 12.7 Å². The van der Waals surface area contributed by atoms with Gasteiger partial charge in [0.05, 0.1) is 24.6 Å². The molecule has 0 atom stereocenters. The summed E-state index contributed by atoms with van der Waals surface area (Å²) in [7, 11) is 3.56. The molecule has 0 aliphatic rings. The Bertz CT molecular complexity index is 777. The Morgan fingerprint density at radius 3 is 2.78 bits per heavy atom. The maximum absolute atomic E-state index is 12.2. The topological polar surface area (TPSA) is 93.8 Å². The van der Waals surface area contributed by atoms with E-state index in [1.54, 1.807) is 52.2 Å². The number of carbonyl (C=O) groups excluding carboxylic acids is 1. The van der Waals surface area contributed by atoms with Crippen LogP contribution in [0.3, 0.4) is 0 Å². The second kappa shape index (κ2) is 6.26. The maximum Gasteiger partial charge on any atom is 0.321 e. The summed E-state index contributed by atoms with van der Waals surface area (Å²) in [5, 5.41) is 10.9. The van der Waals surface area contributed by atoms with Crippen LogP contribution in [0.1, 0.15) is 5.56 Å². The molecule has 3 aromatic rings. The molecular weight excluding hydrogens is 296 g/mol. The van der Waals surface area contributed by atoms with Crippen LogP contribution >= 0.6 is 0 Å². The standard InChI is InChI=1S/C14H16N8O/c1-20(7-11-5-17-21(2)8-11)14(23)19-12-3-4-13(16-6-12)22-10-15-9-18-22/h3-6,8-10H,7H2,1-2H3,(H,19,23). The van der Waals surface area contributed by atoms with Gasteiger partial charge in [-0.2, -0.15) is 10.2 Å². The molecule has 3 rings (SSSR count). The van der Waals surface area contributed by atoms with E-state index in [1.807, 2.05) is 13.2 Å². The van der Waals surface area contributed by atoms with E-state index in [1.165, 1.54) is 6.33 Å². The Balaban J connectivity index is 1.61. The minimum Gasteiger partial charge on any atom is -0.323 e. The number of pyridine rings is 1. The van der Waals surface area contributed by atoms with E-state index >= 15 is 0 Å². The molecule has 0 aromatic carbocycles. The van der Waals surface area contributed by atoms with Crippen LogP contribution in [0, 0.1) is 0 Å². The lowest BCUT2D eigenvalue weighted by molar-refractivity contribution is 0.220. The van der Waals surface area contributed by atoms with Crippen LogP contribution in [0.25, 0.3) is 5.82 Å². The minimum absolute atomic E-state index is 0.218. The van der Waals surface area contributed by atoms with E-state index in [-0.39, 0.29) is 6.03 Å². The van der Waals surface area contributed by atoms with Crippen LogP contribution < -0.4 is 5.32 Å². The molecule has 0 saturated heterocycles. The molecule has 118 valence electrons. The molecular formula is C14H16N8O. The van der Waals surface area contributed by atoms with Gasteiger partial charge in [-0.1, -0.05) is 0 Å². The summed E-state index contributed by atoms with van der Waals surface area (Å²) < 4.78 is 3.24. The van der Waals surface area contributed by atoms with E-state index in [9.17, 15) is 4.79 Å². The van der Waals surface area contributed by atoms with Crippen molar-refractivity contribution in [3.63, 3.8) is 0 Å². The lowest BCUT2D eigenvalue weighted by Crippen LogP contribution is -2.30. The van der Waals surface area contributed by atoms with Gasteiger partial charge in [0.25, 0.3) is 0 Å². The summed E-state index contributed by atoms with van der Waals surface area (Å²) in [6, 6.07) is 3.30. The van der Waals surface area contributed by atoms with E-state index in [4.69, 9.17) is 0 Å². The van der Waals surface area contributed by atoms with Crippen LogP contribution in [0.4, 0.5) is 10.5 Å².